The number of aromatic nitrogens is 2. The van der Waals surface area contributed by atoms with Gasteiger partial charge < -0.3 is 10.4 Å². The zero-order valence-corrected chi connectivity index (χ0v) is 14.1. The Labute approximate surface area is 138 Å². The lowest BCUT2D eigenvalue weighted by atomic mass is 9.87. The minimum atomic E-state index is -0.197. The fraction of sp³-hybridized carbons (Fsp3) is 0.294. The van der Waals surface area contributed by atoms with Gasteiger partial charge in [0.25, 0.3) is 0 Å². The molecule has 0 atom stereocenters. The lowest BCUT2D eigenvalue weighted by molar-refractivity contribution is -0.115. The van der Waals surface area contributed by atoms with E-state index in [4.69, 9.17) is 0 Å². The van der Waals surface area contributed by atoms with E-state index >= 15 is 0 Å². The minimum Gasteiger partial charge on any atom is -0.506 e. The lowest BCUT2D eigenvalue weighted by Crippen LogP contribution is -2.16. The molecule has 2 N–H and O–H groups in total. The Hall–Kier alpha value is -2.34. The number of carbonyl (C=O) groups is 1. The van der Waals surface area contributed by atoms with E-state index in [0.29, 0.717) is 11.4 Å². The number of nitrogens with one attached hydrogen (secondary N) is 1. The lowest BCUT2D eigenvalue weighted by Gasteiger charge is -2.20. The number of aromatic hydroxyl groups is 1. The number of carbonyl (C=O) groups excluding carboxylic acids is 1. The van der Waals surface area contributed by atoms with Crippen molar-refractivity contribution in [3.8, 4) is 5.75 Å². The van der Waals surface area contributed by atoms with Crippen molar-refractivity contribution < 1.29 is 9.90 Å². The molecule has 2 aromatic heterocycles. The normalized spacial score (nSPS) is 11.8. The Balaban J connectivity index is 1.75. The molecule has 0 aliphatic heterocycles. The highest BCUT2D eigenvalue weighted by Crippen LogP contribution is 2.30. The third-order valence-corrected chi connectivity index (χ3v) is 4.39. The molecule has 0 spiro atoms. The topological polar surface area (TPSA) is 66.6 Å². The summed E-state index contributed by atoms with van der Waals surface area (Å²) in [5, 5.41) is 14.7. The number of benzene rings is 1. The number of hydrogen-bond donors (Lipinski definition) is 2. The Kier molecular flexibility index (Phi) is 3.85. The molecule has 6 heteroatoms. The van der Waals surface area contributed by atoms with E-state index in [1.54, 1.807) is 6.07 Å². The molecular weight excluding hydrogens is 310 g/mol. The molecule has 0 saturated carbocycles. The van der Waals surface area contributed by atoms with Crippen LogP contribution < -0.4 is 5.32 Å². The smallest absolute Gasteiger partial charge is 0.230 e. The van der Waals surface area contributed by atoms with Gasteiger partial charge in [0.15, 0.2) is 4.96 Å². The molecule has 0 aliphatic carbocycles. The second-order valence-electron chi connectivity index (χ2n) is 6.53. The van der Waals surface area contributed by atoms with E-state index in [0.717, 1.165) is 10.5 Å². The molecule has 5 nitrogen and oxygen atoms in total. The summed E-state index contributed by atoms with van der Waals surface area (Å²) in [5.41, 5.74) is 2.14. The molecule has 120 valence electrons. The maximum Gasteiger partial charge on any atom is 0.230 e. The molecule has 0 bridgehead atoms. The zero-order valence-electron chi connectivity index (χ0n) is 13.3. The van der Waals surface area contributed by atoms with Crippen LogP contribution in [-0.2, 0) is 16.6 Å². The fourth-order valence-electron chi connectivity index (χ4n) is 2.32. The van der Waals surface area contributed by atoms with Gasteiger partial charge in [0.1, 0.15) is 5.75 Å². The predicted octanol–water partition coefficient (Wildman–Crippen LogP) is 3.58. The van der Waals surface area contributed by atoms with Crippen LogP contribution in [0.15, 0.2) is 36.0 Å². The summed E-state index contributed by atoms with van der Waals surface area (Å²) in [6.45, 7) is 6.26. The van der Waals surface area contributed by atoms with Crippen molar-refractivity contribution in [3.63, 3.8) is 0 Å². The van der Waals surface area contributed by atoms with E-state index in [-0.39, 0.29) is 23.5 Å². The monoisotopic (exact) mass is 329 g/mol. The van der Waals surface area contributed by atoms with E-state index in [2.05, 4.69) is 31.1 Å². The van der Waals surface area contributed by atoms with Crippen LogP contribution in [0.3, 0.4) is 0 Å². The second-order valence-corrected chi connectivity index (χ2v) is 7.40. The Morgan fingerprint density at radius 3 is 2.87 bits per heavy atom. The molecule has 3 aromatic rings. The number of hydrogen-bond acceptors (Lipinski definition) is 4. The van der Waals surface area contributed by atoms with Gasteiger partial charge in [0.05, 0.1) is 17.8 Å². The average molecular weight is 329 g/mol. The summed E-state index contributed by atoms with van der Waals surface area (Å²) in [7, 11) is 0. The third-order valence-electron chi connectivity index (χ3n) is 3.62. The van der Waals surface area contributed by atoms with Crippen molar-refractivity contribution in [1.82, 2.24) is 9.38 Å². The predicted molar refractivity (Wildman–Crippen MR) is 92.2 cm³/mol. The first-order valence-electron chi connectivity index (χ1n) is 7.37. The molecule has 0 aliphatic rings. The summed E-state index contributed by atoms with van der Waals surface area (Å²) < 4.78 is 1.89. The molecule has 3 rings (SSSR count). The highest BCUT2D eigenvalue weighted by atomic mass is 32.1. The zero-order chi connectivity index (χ0) is 16.6. The van der Waals surface area contributed by atoms with Crippen LogP contribution >= 0.6 is 11.3 Å². The number of anilines is 1. The van der Waals surface area contributed by atoms with Gasteiger partial charge >= 0.3 is 0 Å². The fourth-order valence-corrected chi connectivity index (χ4v) is 3.04. The molecular formula is C17H19N3O2S. The first-order chi connectivity index (χ1) is 10.8. The highest BCUT2D eigenvalue weighted by Gasteiger charge is 2.17. The van der Waals surface area contributed by atoms with Crippen LogP contribution in [0, 0.1) is 0 Å². The SMILES string of the molecule is CC(C)(C)c1ccc(O)c(NC(=O)Cc2cn3ccsc3n2)c1. The largest absolute Gasteiger partial charge is 0.506 e. The maximum absolute atomic E-state index is 12.2. The van der Waals surface area contributed by atoms with Gasteiger partial charge in [0, 0.05) is 17.8 Å². The minimum absolute atomic E-state index is 0.0542. The summed E-state index contributed by atoms with van der Waals surface area (Å²) in [6.07, 6.45) is 3.93. The van der Waals surface area contributed by atoms with Gasteiger partial charge in [-0.15, -0.1) is 11.3 Å². The number of nitrogens with zero attached hydrogens (tertiary/aromatic N) is 2. The standard InChI is InChI=1S/C17H19N3O2S/c1-17(2,3)11-4-5-14(21)13(8-11)19-15(22)9-12-10-20-6-7-23-16(20)18-12/h4-8,10,21H,9H2,1-3H3,(H,19,22). The number of thiazole rings is 1. The molecule has 0 unspecified atom stereocenters. The van der Waals surface area contributed by atoms with Crippen LogP contribution in [0.2, 0.25) is 0 Å². The van der Waals surface area contributed by atoms with Gasteiger partial charge in [0.2, 0.25) is 5.91 Å². The van der Waals surface area contributed by atoms with Crippen LogP contribution in [0.1, 0.15) is 32.0 Å². The van der Waals surface area contributed by atoms with Crippen LogP contribution in [0.25, 0.3) is 4.96 Å². The maximum atomic E-state index is 12.2. The molecule has 1 amide bonds. The molecule has 0 fully saturated rings. The van der Waals surface area contributed by atoms with Gasteiger partial charge in [-0.05, 0) is 23.1 Å². The Morgan fingerprint density at radius 1 is 1.39 bits per heavy atom. The molecule has 0 radical (unpaired) electrons. The quantitative estimate of drug-likeness (QED) is 0.722. The molecule has 2 heterocycles. The van der Waals surface area contributed by atoms with E-state index < -0.39 is 0 Å². The van der Waals surface area contributed by atoms with Gasteiger partial charge in [-0.2, -0.15) is 0 Å². The van der Waals surface area contributed by atoms with Crippen molar-refractivity contribution in [2.45, 2.75) is 32.6 Å². The van der Waals surface area contributed by atoms with E-state index in [1.807, 2.05) is 34.3 Å². The highest BCUT2D eigenvalue weighted by molar-refractivity contribution is 7.15. The average Bonchev–Trinajstić information content (AvgIpc) is 3.00. The Morgan fingerprint density at radius 2 is 2.17 bits per heavy atom. The number of amides is 1. The van der Waals surface area contributed by atoms with Crippen molar-refractivity contribution in [3.05, 3.63) is 47.2 Å². The third kappa shape index (κ3) is 3.37. The second kappa shape index (κ2) is 5.70. The molecule has 1 aromatic carbocycles. The van der Waals surface area contributed by atoms with Gasteiger partial charge in [-0.3, -0.25) is 9.20 Å². The summed E-state index contributed by atoms with van der Waals surface area (Å²) in [4.78, 5) is 17.5. The van der Waals surface area contributed by atoms with E-state index in [9.17, 15) is 9.90 Å². The number of phenolic OH excluding ortho intramolecular Hbond substituents is 1. The number of imidazole rings is 1. The van der Waals surface area contributed by atoms with Crippen LogP contribution in [-0.4, -0.2) is 20.4 Å². The van der Waals surface area contributed by atoms with E-state index in [1.165, 1.54) is 11.3 Å². The summed E-state index contributed by atoms with van der Waals surface area (Å²) in [5.74, 6) is -0.130. The Bertz CT molecular complexity index is 830. The molecule has 23 heavy (non-hydrogen) atoms. The van der Waals surface area contributed by atoms with Gasteiger partial charge in [-0.1, -0.05) is 26.8 Å². The van der Waals surface area contributed by atoms with Gasteiger partial charge in [-0.25, -0.2) is 4.98 Å². The molecule has 0 saturated heterocycles. The first-order valence-corrected chi connectivity index (χ1v) is 8.25. The summed E-state index contributed by atoms with van der Waals surface area (Å²) in [6, 6.07) is 5.30. The van der Waals surface area contributed by atoms with Crippen molar-refractivity contribution >= 4 is 27.9 Å². The number of phenols is 1. The van der Waals surface area contributed by atoms with Crippen LogP contribution in [0.5, 0.6) is 5.75 Å². The van der Waals surface area contributed by atoms with Crippen molar-refractivity contribution in [2.24, 2.45) is 0 Å². The van der Waals surface area contributed by atoms with Crippen molar-refractivity contribution in [2.75, 3.05) is 5.32 Å². The number of rotatable bonds is 3. The van der Waals surface area contributed by atoms with Crippen LogP contribution in [0.4, 0.5) is 5.69 Å². The first kappa shape index (κ1) is 15.6. The number of fused-ring (bicyclic) bond motifs is 1. The van der Waals surface area contributed by atoms with Crippen molar-refractivity contribution in [1.29, 1.82) is 0 Å². The summed E-state index contributed by atoms with van der Waals surface area (Å²) >= 11 is 1.53.